The molecular weight excluding hydrogens is 306 g/mol. The maximum atomic E-state index is 12.8. The first-order valence-corrected chi connectivity index (χ1v) is 8.08. The maximum Gasteiger partial charge on any atom is 0.254 e. The number of amides is 1. The Hall–Kier alpha value is -2.53. The molecular formula is C19H19NO4. The molecule has 4 rings (SSSR count). The Morgan fingerprint density at radius 2 is 1.96 bits per heavy atom. The topological polar surface area (TPSA) is 48.0 Å². The molecule has 0 spiro atoms. The zero-order valence-electron chi connectivity index (χ0n) is 13.5. The molecule has 0 N–H and O–H groups in total. The minimum absolute atomic E-state index is 0.00446. The van der Waals surface area contributed by atoms with Gasteiger partial charge in [-0.05, 0) is 36.2 Å². The van der Waals surface area contributed by atoms with Crippen LogP contribution in [0.15, 0.2) is 42.5 Å². The van der Waals surface area contributed by atoms with Crippen LogP contribution in [0, 0.1) is 6.92 Å². The number of morpholine rings is 1. The van der Waals surface area contributed by atoms with Gasteiger partial charge in [0.25, 0.3) is 5.91 Å². The normalized spacial score (nSPS) is 19.4. The monoisotopic (exact) mass is 325 g/mol. The summed E-state index contributed by atoms with van der Waals surface area (Å²) in [6.45, 7) is 3.96. The fraction of sp³-hybridized carbons (Fsp3) is 0.316. The van der Waals surface area contributed by atoms with Crippen LogP contribution in [0.5, 0.6) is 11.5 Å². The number of nitrogens with zero attached hydrogens (tertiary/aromatic N) is 1. The predicted molar refractivity (Wildman–Crippen MR) is 88.3 cm³/mol. The summed E-state index contributed by atoms with van der Waals surface area (Å²) in [6.07, 6.45) is -0.0853. The molecule has 5 heteroatoms. The fourth-order valence-corrected chi connectivity index (χ4v) is 3.18. The Balaban J connectivity index is 1.53. The molecule has 2 aromatic rings. The van der Waals surface area contributed by atoms with E-state index in [0.29, 0.717) is 36.8 Å². The molecule has 1 saturated heterocycles. The summed E-state index contributed by atoms with van der Waals surface area (Å²) in [6, 6.07) is 13.5. The number of hydrogen-bond acceptors (Lipinski definition) is 4. The highest BCUT2D eigenvalue weighted by Gasteiger charge is 2.27. The lowest BCUT2D eigenvalue weighted by Gasteiger charge is -2.34. The summed E-state index contributed by atoms with van der Waals surface area (Å²) in [4.78, 5) is 14.7. The number of aryl methyl sites for hydroxylation is 1. The van der Waals surface area contributed by atoms with E-state index in [1.54, 1.807) is 18.2 Å². The quantitative estimate of drug-likeness (QED) is 0.852. The van der Waals surface area contributed by atoms with Crippen molar-refractivity contribution in [2.45, 2.75) is 13.0 Å². The fourth-order valence-electron chi connectivity index (χ4n) is 3.18. The van der Waals surface area contributed by atoms with Gasteiger partial charge in [-0.25, -0.2) is 0 Å². The molecule has 2 aromatic carbocycles. The van der Waals surface area contributed by atoms with Gasteiger partial charge in [-0.3, -0.25) is 4.79 Å². The lowest BCUT2D eigenvalue weighted by Crippen LogP contribution is -2.42. The number of hydrogen-bond donors (Lipinski definition) is 0. The van der Waals surface area contributed by atoms with Crippen molar-refractivity contribution in [1.29, 1.82) is 0 Å². The summed E-state index contributed by atoms with van der Waals surface area (Å²) < 4.78 is 16.6. The third-order valence-corrected chi connectivity index (χ3v) is 4.51. The Morgan fingerprint density at radius 3 is 2.83 bits per heavy atom. The molecule has 1 amide bonds. The predicted octanol–water partition coefficient (Wildman–Crippen LogP) is 2.94. The molecule has 1 fully saturated rings. The molecule has 0 aromatic heterocycles. The molecule has 2 aliphatic rings. The first kappa shape index (κ1) is 15.0. The molecule has 1 unspecified atom stereocenters. The smallest absolute Gasteiger partial charge is 0.254 e. The average Bonchev–Trinajstić information content (AvgIpc) is 3.09. The van der Waals surface area contributed by atoms with Gasteiger partial charge in [0.15, 0.2) is 11.5 Å². The highest BCUT2D eigenvalue weighted by atomic mass is 16.7. The van der Waals surface area contributed by atoms with Gasteiger partial charge in [0.1, 0.15) is 6.10 Å². The van der Waals surface area contributed by atoms with Crippen molar-refractivity contribution in [2.24, 2.45) is 0 Å². The van der Waals surface area contributed by atoms with E-state index < -0.39 is 0 Å². The van der Waals surface area contributed by atoms with Crippen LogP contribution in [0.25, 0.3) is 0 Å². The van der Waals surface area contributed by atoms with Crippen LogP contribution in [0.2, 0.25) is 0 Å². The standard InChI is InChI=1S/C19H19NO4/c1-13-4-2-3-5-15(13)18-11-20(8-9-22-18)19(21)14-6-7-16-17(10-14)24-12-23-16/h2-7,10,18H,8-9,11-12H2,1H3. The lowest BCUT2D eigenvalue weighted by molar-refractivity contribution is -0.0231. The van der Waals surface area contributed by atoms with Crippen molar-refractivity contribution in [3.05, 3.63) is 59.2 Å². The minimum atomic E-state index is -0.0853. The molecule has 0 aliphatic carbocycles. The summed E-state index contributed by atoms with van der Waals surface area (Å²) in [5.41, 5.74) is 2.94. The van der Waals surface area contributed by atoms with Crippen LogP contribution in [0.4, 0.5) is 0 Å². The maximum absolute atomic E-state index is 12.8. The number of carbonyl (C=O) groups is 1. The Labute approximate surface area is 140 Å². The van der Waals surface area contributed by atoms with Crippen molar-refractivity contribution in [1.82, 2.24) is 4.90 Å². The van der Waals surface area contributed by atoms with Crippen LogP contribution in [0.1, 0.15) is 27.6 Å². The first-order valence-electron chi connectivity index (χ1n) is 8.08. The molecule has 0 bridgehead atoms. The number of rotatable bonds is 2. The third kappa shape index (κ3) is 2.71. The average molecular weight is 325 g/mol. The van der Waals surface area contributed by atoms with Crippen molar-refractivity contribution in [2.75, 3.05) is 26.5 Å². The van der Waals surface area contributed by atoms with Gasteiger partial charge in [0.05, 0.1) is 13.2 Å². The lowest BCUT2D eigenvalue weighted by atomic mass is 10.0. The second kappa shape index (κ2) is 6.17. The zero-order chi connectivity index (χ0) is 16.5. The minimum Gasteiger partial charge on any atom is -0.454 e. The highest BCUT2D eigenvalue weighted by Crippen LogP contribution is 2.33. The summed E-state index contributed by atoms with van der Waals surface area (Å²) in [7, 11) is 0. The molecule has 1 atom stereocenters. The largest absolute Gasteiger partial charge is 0.454 e. The van der Waals surface area contributed by atoms with E-state index in [4.69, 9.17) is 14.2 Å². The van der Waals surface area contributed by atoms with E-state index in [1.165, 1.54) is 5.56 Å². The van der Waals surface area contributed by atoms with E-state index in [1.807, 2.05) is 17.0 Å². The number of ether oxygens (including phenoxy) is 3. The Bertz CT molecular complexity index is 774. The molecule has 2 heterocycles. The molecule has 2 aliphatic heterocycles. The number of fused-ring (bicyclic) bond motifs is 1. The number of carbonyl (C=O) groups excluding carboxylic acids is 1. The van der Waals surface area contributed by atoms with Gasteiger partial charge < -0.3 is 19.1 Å². The van der Waals surface area contributed by atoms with Crippen LogP contribution >= 0.6 is 0 Å². The van der Waals surface area contributed by atoms with E-state index in [9.17, 15) is 4.79 Å². The zero-order valence-corrected chi connectivity index (χ0v) is 13.5. The van der Waals surface area contributed by atoms with E-state index in [0.717, 1.165) is 5.56 Å². The van der Waals surface area contributed by atoms with Crippen molar-refractivity contribution < 1.29 is 19.0 Å². The summed E-state index contributed by atoms with van der Waals surface area (Å²) in [5.74, 6) is 1.31. The van der Waals surface area contributed by atoms with Crippen LogP contribution < -0.4 is 9.47 Å². The first-order chi connectivity index (χ1) is 11.7. The van der Waals surface area contributed by atoms with Crippen LogP contribution in [-0.4, -0.2) is 37.3 Å². The molecule has 124 valence electrons. The Morgan fingerprint density at radius 1 is 1.12 bits per heavy atom. The van der Waals surface area contributed by atoms with E-state index in [-0.39, 0.29) is 18.8 Å². The van der Waals surface area contributed by atoms with Gasteiger partial charge in [-0.1, -0.05) is 24.3 Å². The van der Waals surface area contributed by atoms with Crippen LogP contribution in [-0.2, 0) is 4.74 Å². The molecule has 0 saturated carbocycles. The van der Waals surface area contributed by atoms with Gasteiger partial charge in [0, 0.05) is 12.1 Å². The second-order valence-electron chi connectivity index (χ2n) is 6.04. The van der Waals surface area contributed by atoms with Crippen molar-refractivity contribution in [3.63, 3.8) is 0 Å². The number of benzene rings is 2. The second-order valence-corrected chi connectivity index (χ2v) is 6.04. The Kier molecular flexibility index (Phi) is 3.86. The SMILES string of the molecule is Cc1ccccc1C1CN(C(=O)c2ccc3c(c2)OCO3)CCO1. The van der Waals surface area contributed by atoms with Gasteiger partial charge in [-0.2, -0.15) is 0 Å². The molecule has 0 radical (unpaired) electrons. The molecule has 5 nitrogen and oxygen atoms in total. The van der Waals surface area contributed by atoms with E-state index >= 15 is 0 Å². The van der Waals surface area contributed by atoms with Gasteiger partial charge in [0.2, 0.25) is 6.79 Å². The van der Waals surface area contributed by atoms with E-state index in [2.05, 4.69) is 19.1 Å². The summed E-state index contributed by atoms with van der Waals surface area (Å²) in [5, 5.41) is 0. The van der Waals surface area contributed by atoms with Crippen LogP contribution in [0.3, 0.4) is 0 Å². The third-order valence-electron chi connectivity index (χ3n) is 4.51. The highest BCUT2D eigenvalue weighted by molar-refractivity contribution is 5.95. The molecule has 24 heavy (non-hydrogen) atoms. The van der Waals surface area contributed by atoms with Gasteiger partial charge in [-0.15, -0.1) is 0 Å². The summed E-state index contributed by atoms with van der Waals surface area (Å²) >= 11 is 0. The van der Waals surface area contributed by atoms with Crippen molar-refractivity contribution in [3.8, 4) is 11.5 Å². The van der Waals surface area contributed by atoms with Gasteiger partial charge >= 0.3 is 0 Å². The van der Waals surface area contributed by atoms with Crippen molar-refractivity contribution >= 4 is 5.91 Å².